The van der Waals surface area contributed by atoms with Crippen molar-refractivity contribution in [3.8, 4) is 9.75 Å². The Labute approximate surface area is 198 Å². The number of thiophene rings is 3. The van der Waals surface area contributed by atoms with Crippen molar-refractivity contribution in [3.63, 3.8) is 0 Å². The lowest BCUT2D eigenvalue weighted by Gasteiger charge is -2.03. The second kappa shape index (κ2) is 8.58. The van der Waals surface area contributed by atoms with Crippen LogP contribution in [0, 0.1) is 0 Å². The fourth-order valence-electron chi connectivity index (χ4n) is 4.35. The van der Waals surface area contributed by atoms with Crippen molar-refractivity contribution < 1.29 is 8.83 Å². The highest BCUT2D eigenvalue weighted by atomic mass is 32.1. The van der Waals surface area contributed by atoms with E-state index in [-0.39, 0.29) is 0 Å². The number of hydrogen-bond acceptors (Lipinski definition) is 6. The first-order valence-electron chi connectivity index (χ1n) is 11.4. The molecule has 1 N–H and O–H groups in total. The third-order valence-corrected chi connectivity index (χ3v) is 9.24. The molecule has 5 aromatic heterocycles. The van der Waals surface area contributed by atoms with Gasteiger partial charge in [-0.05, 0) is 30.0 Å². The highest BCUT2D eigenvalue weighted by molar-refractivity contribution is 7.26. The number of hydrogen-bond donors (Lipinski definition) is 1. The van der Waals surface area contributed by atoms with Crippen molar-refractivity contribution in [2.45, 2.75) is 45.4 Å². The Kier molecular flexibility index (Phi) is 5.45. The lowest BCUT2D eigenvalue weighted by Crippen LogP contribution is -1.99. The molecule has 1 aromatic carbocycles. The van der Waals surface area contributed by atoms with Crippen molar-refractivity contribution in [1.29, 1.82) is 0 Å². The third-order valence-electron chi connectivity index (χ3n) is 6.04. The first kappa shape index (κ1) is 20.3. The zero-order chi connectivity index (χ0) is 21.5. The van der Waals surface area contributed by atoms with Crippen LogP contribution < -0.4 is 5.32 Å². The van der Waals surface area contributed by atoms with Crippen LogP contribution in [0.25, 0.3) is 52.3 Å². The average molecular weight is 480 g/mol. The molecule has 0 unspecified atom stereocenters. The Morgan fingerprint density at radius 2 is 1.56 bits per heavy atom. The number of rotatable bonds is 9. The van der Waals surface area contributed by atoms with E-state index in [0.717, 1.165) is 28.9 Å². The van der Waals surface area contributed by atoms with Crippen LogP contribution in [0.5, 0.6) is 0 Å². The summed E-state index contributed by atoms with van der Waals surface area (Å²) in [4.78, 5) is 2.57. The third kappa shape index (κ3) is 3.64. The maximum absolute atomic E-state index is 6.20. The number of unbranched alkanes of at least 4 members (excludes halogenated alkanes) is 5. The molecule has 0 radical (unpaired) electrons. The highest BCUT2D eigenvalue weighted by Crippen LogP contribution is 2.44. The minimum Gasteiger partial charge on any atom is -0.455 e. The van der Waals surface area contributed by atoms with E-state index in [4.69, 9.17) is 8.83 Å². The summed E-state index contributed by atoms with van der Waals surface area (Å²) in [6.45, 7) is 3.32. The smallest absolute Gasteiger partial charge is 0.146 e. The Morgan fingerprint density at radius 3 is 2.47 bits per heavy atom. The molecule has 0 amide bonds. The molecule has 0 fully saturated rings. The Balaban J connectivity index is 1.21. The predicted molar refractivity (Wildman–Crippen MR) is 142 cm³/mol. The van der Waals surface area contributed by atoms with Gasteiger partial charge >= 0.3 is 0 Å². The van der Waals surface area contributed by atoms with Gasteiger partial charge in [0.05, 0.1) is 9.40 Å². The van der Waals surface area contributed by atoms with Gasteiger partial charge in [0.25, 0.3) is 0 Å². The zero-order valence-electron chi connectivity index (χ0n) is 18.0. The van der Waals surface area contributed by atoms with E-state index < -0.39 is 0 Å². The van der Waals surface area contributed by atoms with Crippen molar-refractivity contribution in [1.82, 2.24) is 0 Å². The fraction of sp³-hybridized carbons (Fsp3) is 0.308. The molecule has 32 heavy (non-hydrogen) atoms. The Bertz CT molecular complexity index is 1510. The second-order valence-electron chi connectivity index (χ2n) is 8.36. The lowest BCUT2D eigenvalue weighted by atomic mass is 10.1. The fourth-order valence-corrected chi connectivity index (χ4v) is 7.25. The molecule has 0 bridgehead atoms. The van der Waals surface area contributed by atoms with Gasteiger partial charge in [-0.15, -0.1) is 34.0 Å². The Hall–Kier alpha value is -2.28. The summed E-state index contributed by atoms with van der Waals surface area (Å²) in [5.74, 6) is 0. The summed E-state index contributed by atoms with van der Waals surface area (Å²) < 4.78 is 14.6. The average Bonchev–Trinajstić information content (AvgIpc) is 3.57. The lowest BCUT2D eigenvalue weighted by molar-refractivity contribution is 0.617. The quantitative estimate of drug-likeness (QED) is 0.210. The molecule has 6 heteroatoms. The standard InChI is InChI=1S/C26H25NO2S3/c1-2-3-4-5-6-7-9-27-16-11-23(31-15-16)24-14-22-26(32-24)18-12-17-20(13-21(18)29-22)28-19-8-10-30-25(17)19/h8,10-15,27H,2-7,9H2,1H3. The van der Waals surface area contributed by atoms with Gasteiger partial charge in [0, 0.05) is 50.3 Å². The minimum atomic E-state index is 0.902. The summed E-state index contributed by atoms with van der Waals surface area (Å²) in [6.07, 6.45) is 7.97. The summed E-state index contributed by atoms with van der Waals surface area (Å²) in [6, 6.07) is 10.8. The van der Waals surface area contributed by atoms with Crippen molar-refractivity contribution in [2.75, 3.05) is 11.9 Å². The van der Waals surface area contributed by atoms with E-state index in [1.54, 1.807) is 22.7 Å². The number of anilines is 1. The molecule has 3 nitrogen and oxygen atoms in total. The van der Waals surface area contributed by atoms with Crippen LogP contribution >= 0.6 is 34.0 Å². The van der Waals surface area contributed by atoms with E-state index in [9.17, 15) is 0 Å². The molecule has 0 atom stereocenters. The maximum atomic E-state index is 6.20. The molecule has 5 heterocycles. The molecule has 0 spiro atoms. The van der Waals surface area contributed by atoms with E-state index in [2.05, 4.69) is 41.2 Å². The predicted octanol–water partition coefficient (Wildman–Crippen LogP) is 10.1. The van der Waals surface area contributed by atoms with Crippen LogP contribution in [-0.4, -0.2) is 6.54 Å². The van der Waals surface area contributed by atoms with E-state index in [1.165, 1.54) is 74.1 Å². The van der Waals surface area contributed by atoms with Crippen LogP contribution in [0.2, 0.25) is 0 Å². The molecule has 164 valence electrons. The van der Waals surface area contributed by atoms with Gasteiger partial charge in [-0.1, -0.05) is 39.0 Å². The summed E-state index contributed by atoms with van der Waals surface area (Å²) >= 11 is 5.35. The van der Waals surface area contributed by atoms with Crippen LogP contribution in [0.1, 0.15) is 45.4 Å². The highest BCUT2D eigenvalue weighted by Gasteiger charge is 2.17. The maximum Gasteiger partial charge on any atom is 0.146 e. The van der Waals surface area contributed by atoms with Crippen LogP contribution in [0.4, 0.5) is 5.69 Å². The van der Waals surface area contributed by atoms with Crippen molar-refractivity contribution >= 4 is 82.2 Å². The number of benzene rings is 1. The summed E-state index contributed by atoms with van der Waals surface area (Å²) in [5, 5.41) is 10.3. The molecule has 6 rings (SSSR count). The Morgan fingerprint density at radius 1 is 0.750 bits per heavy atom. The normalized spacial score (nSPS) is 12.2. The summed E-state index contributed by atoms with van der Waals surface area (Å²) in [7, 11) is 0. The molecule has 0 saturated carbocycles. The van der Waals surface area contributed by atoms with Gasteiger partial charge < -0.3 is 14.2 Å². The van der Waals surface area contributed by atoms with E-state index in [0.29, 0.717) is 0 Å². The van der Waals surface area contributed by atoms with Gasteiger partial charge in [-0.3, -0.25) is 0 Å². The SMILES string of the molecule is CCCCCCCCNc1csc(-c2cc3oc4cc5oc6ccsc6c5cc4c3s2)c1. The van der Waals surface area contributed by atoms with Gasteiger partial charge in [-0.25, -0.2) is 0 Å². The first-order chi connectivity index (χ1) is 15.8. The molecule has 6 aromatic rings. The number of fused-ring (bicyclic) bond motifs is 6. The minimum absolute atomic E-state index is 0.902. The molecular weight excluding hydrogens is 454 g/mol. The summed E-state index contributed by atoms with van der Waals surface area (Å²) in [5.41, 5.74) is 4.96. The van der Waals surface area contributed by atoms with E-state index >= 15 is 0 Å². The van der Waals surface area contributed by atoms with Gasteiger partial charge in [0.15, 0.2) is 0 Å². The molecular formula is C26H25NO2S3. The molecule has 0 aliphatic carbocycles. The number of nitrogens with one attached hydrogen (secondary N) is 1. The topological polar surface area (TPSA) is 38.3 Å². The second-order valence-corrected chi connectivity index (χ2v) is 11.2. The molecule has 0 aliphatic heterocycles. The molecule has 0 aliphatic rings. The molecule has 0 saturated heterocycles. The number of furan rings is 2. The van der Waals surface area contributed by atoms with Crippen LogP contribution in [0.3, 0.4) is 0 Å². The van der Waals surface area contributed by atoms with Crippen LogP contribution in [0.15, 0.2) is 49.9 Å². The van der Waals surface area contributed by atoms with Crippen molar-refractivity contribution in [3.05, 3.63) is 41.1 Å². The van der Waals surface area contributed by atoms with Gasteiger partial charge in [0.1, 0.15) is 22.3 Å². The monoisotopic (exact) mass is 479 g/mol. The van der Waals surface area contributed by atoms with E-state index in [1.807, 2.05) is 23.5 Å². The van der Waals surface area contributed by atoms with Crippen molar-refractivity contribution in [2.24, 2.45) is 0 Å². The first-order valence-corrected chi connectivity index (χ1v) is 14.0. The zero-order valence-corrected chi connectivity index (χ0v) is 20.5. The van der Waals surface area contributed by atoms with Gasteiger partial charge in [-0.2, -0.15) is 0 Å². The van der Waals surface area contributed by atoms with Crippen LogP contribution in [-0.2, 0) is 0 Å². The van der Waals surface area contributed by atoms with Gasteiger partial charge in [0.2, 0.25) is 0 Å². The largest absolute Gasteiger partial charge is 0.455 e.